The van der Waals surface area contributed by atoms with Crippen molar-refractivity contribution in [1.82, 2.24) is 4.90 Å². The number of benzene rings is 1. The molecule has 0 aliphatic heterocycles. The van der Waals surface area contributed by atoms with Gasteiger partial charge in [-0.15, -0.1) is 0 Å². The second-order valence-corrected chi connectivity index (χ2v) is 4.46. The molecule has 0 fully saturated rings. The number of carbonyl (C=O) groups excluding carboxylic acids is 2. The van der Waals surface area contributed by atoms with E-state index in [1.165, 1.54) is 36.3 Å². The predicted molar refractivity (Wildman–Crippen MR) is 75.4 cm³/mol. The van der Waals surface area contributed by atoms with Crippen LogP contribution in [0.2, 0.25) is 0 Å². The van der Waals surface area contributed by atoms with E-state index in [4.69, 9.17) is 4.74 Å². The lowest BCUT2D eigenvalue weighted by molar-refractivity contribution is -0.143. The van der Waals surface area contributed by atoms with Gasteiger partial charge in [-0.3, -0.25) is 9.59 Å². The second-order valence-electron chi connectivity index (χ2n) is 4.46. The van der Waals surface area contributed by atoms with E-state index < -0.39 is 6.10 Å². The van der Waals surface area contributed by atoms with Crippen LogP contribution in [0.15, 0.2) is 24.3 Å². The fraction of sp³-hybridized carbons (Fsp3) is 0.467. The van der Waals surface area contributed by atoms with E-state index in [-0.39, 0.29) is 30.7 Å². The second kappa shape index (κ2) is 8.24. The summed E-state index contributed by atoms with van der Waals surface area (Å²) >= 11 is 0. The summed E-state index contributed by atoms with van der Waals surface area (Å²) in [5.74, 6) is -0.546. The van der Waals surface area contributed by atoms with Gasteiger partial charge in [0.25, 0.3) is 5.91 Å². The van der Waals surface area contributed by atoms with E-state index in [1.54, 1.807) is 6.92 Å². The van der Waals surface area contributed by atoms with Crippen molar-refractivity contribution in [3.63, 3.8) is 0 Å². The van der Waals surface area contributed by atoms with Gasteiger partial charge in [0.05, 0.1) is 13.5 Å². The molecule has 1 atom stereocenters. The first-order valence-electron chi connectivity index (χ1n) is 6.75. The van der Waals surface area contributed by atoms with Gasteiger partial charge in [0.1, 0.15) is 11.6 Å². The average molecular weight is 297 g/mol. The van der Waals surface area contributed by atoms with E-state index in [2.05, 4.69) is 4.74 Å². The van der Waals surface area contributed by atoms with Crippen molar-refractivity contribution in [2.45, 2.75) is 26.4 Å². The van der Waals surface area contributed by atoms with Crippen LogP contribution in [0.3, 0.4) is 0 Å². The Morgan fingerprint density at radius 2 is 1.90 bits per heavy atom. The maximum atomic E-state index is 12.8. The molecular formula is C15H20FNO4. The number of likely N-dealkylation sites (N-methyl/N-ethyl adjacent to an activating group) is 1. The number of amides is 1. The van der Waals surface area contributed by atoms with Gasteiger partial charge in [0.2, 0.25) is 0 Å². The number of esters is 1. The number of hydrogen-bond donors (Lipinski definition) is 0. The van der Waals surface area contributed by atoms with Crippen LogP contribution in [0.4, 0.5) is 4.39 Å². The summed E-state index contributed by atoms with van der Waals surface area (Å²) in [6, 6.07) is 5.45. The first-order valence-corrected chi connectivity index (χ1v) is 6.75. The molecule has 21 heavy (non-hydrogen) atoms. The minimum absolute atomic E-state index is 0.138. The van der Waals surface area contributed by atoms with E-state index in [0.29, 0.717) is 12.3 Å². The van der Waals surface area contributed by atoms with Gasteiger partial charge in [-0.05, 0) is 38.1 Å². The van der Waals surface area contributed by atoms with Crippen LogP contribution in [-0.4, -0.2) is 43.1 Å². The maximum absolute atomic E-state index is 12.8. The molecule has 6 heteroatoms. The zero-order valence-electron chi connectivity index (χ0n) is 12.5. The fourth-order valence-electron chi connectivity index (χ4n) is 1.78. The van der Waals surface area contributed by atoms with Crippen LogP contribution in [0.5, 0.6) is 5.75 Å². The summed E-state index contributed by atoms with van der Waals surface area (Å²) < 4.78 is 22.8. The van der Waals surface area contributed by atoms with E-state index in [9.17, 15) is 14.0 Å². The van der Waals surface area contributed by atoms with Crippen LogP contribution >= 0.6 is 0 Å². The summed E-state index contributed by atoms with van der Waals surface area (Å²) in [5.41, 5.74) is 0. The van der Waals surface area contributed by atoms with Gasteiger partial charge in [-0.1, -0.05) is 0 Å². The number of halogens is 1. The predicted octanol–water partition coefficient (Wildman–Crippen LogP) is 2.00. The van der Waals surface area contributed by atoms with Gasteiger partial charge in [-0.25, -0.2) is 4.39 Å². The molecular weight excluding hydrogens is 277 g/mol. The summed E-state index contributed by atoms with van der Waals surface area (Å²) in [6.07, 6.45) is -0.577. The summed E-state index contributed by atoms with van der Waals surface area (Å²) in [4.78, 5) is 24.9. The zero-order chi connectivity index (χ0) is 15.8. The van der Waals surface area contributed by atoms with Crippen molar-refractivity contribution in [2.75, 3.05) is 20.2 Å². The van der Waals surface area contributed by atoms with Gasteiger partial charge in [-0.2, -0.15) is 0 Å². The Bertz CT molecular complexity index is 475. The Hall–Kier alpha value is -2.11. The molecule has 0 heterocycles. The van der Waals surface area contributed by atoms with E-state index in [0.717, 1.165) is 0 Å². The third kappa shape index (κ3) is 5.41. The van der Waals surface area contributed by atoms with Gasteiger partial charge in [0.15, 0.2) is 6.10 Å². The summed E-state index contributed by atoms with van der Waals surface area (Å²) in [5, 5.41) is 0. The molecule has 116 valence electrons. The molecule has 1 aromatic carbocycles. The molecule has 0 radical (unpaired) electrons. The molecule has 0 spiro atoms. The minimum atomic E-state index is -0.715. The standard InChI is InChI=1S/C15H20FNO4/c1-4-17(10-9-14(18)20-3)15(19)11(2)21-13-7-5-12(16)6-8-13/h5-8,11H,4,9-10H2,1-3H3. The van der Waals surface area contributed by atoms with Crippen LogP contribution in [0, 0.1) is 5.82 Å². The molecule has 1 unspecified atom stereocenters. The number of rotatable bonds is 7. The Labute approximate surface area is 123 Å². The third-order valence-corrected chi connectivity index (χ3v) is 2.98. The lowest BCUT2D eigenvalue weighted by Gasteiger charge is -2.24. The highest BCUT2D eigenvalue weighted by molar-refractivity contribution is 5.81. The molecule has 0 bridgehead atoms. The summed E-state index contributed by atoms with van der Waals surface area (Å²) in [7, 11) is 1.31. The van der Waals surface area contributed by atoms with Crippen molar-refractivity contribution in [2.24, 2.45) is 0 Å². The molecule has 5 nitrogen and oxygen atoms in total. The van der Waals surface area contributed by atoms with Crippen molar-refractivity contribution >= 4 is 11.9 Å². The summed E-state index contributed by atoms with van der Waals surface area (Å²) in [6.45, 7) is 4.18. The molecule has 1 aromatic rings. The normalized spacial score (nSPS) is 11.6. The lowest BCUT2D eigenvalue weighted by atomic mass is 10.3. The highest BCUT2D eigenvalue weighted by Crippen LogP contribution is 2.14. The topological polar surface area (TPSA) is 55.8 Å². The van der Waals surface area contributed by atoms with Crippen LogP contribution in [0.25, 0.3) is 0 Å². The van der Waals surface area contributed by atoms with Crippen molar-refractivity contribution in [3.8, 4) is 5.75 Å². The van der Waals surface area contributed by atoms with Crippen molar-refractivity contribution < 1.29 is 23.5 Å². The molecule has 1 rings (SSSR count). The Kier molecular flexibility index (Phi) is 6.65. The number of ether oxygens (including phenoxy) is 2. The van der Waals surface area contributed by atoms with Crippen LogP contribution in [0.1, 0.15) is 20.3 Å². The maximum Gasteiger partial charge on any atom is 0.307 e. The number of methoxy groups -OCH3 is 1. The van der Waals surface area contributed by atoms with E-state index >= 15 is 0 Å². The smallest absolute Gasteiger partial charge is 0.307 e. The van der Waals surface area contributed by atoms with Crippen LogP contribution < -0.4 is 4.74 Å². The molecule has 0 N–H and O–H groups in total. The lowest BCUT2D eigenvalue weighted by Crippen LogP contribution is -2.41. The minimum Gasteiger partial charge on any atom is -0.481 e. The average Bonchev–Trinajstić information content (AvgIpc) is 2.49. The van der Waals surface area contributed by atoms with Crippen molar-refractivity contribution in [1.29, 1.82) is 0 Å². The van der Waals surface area contributed by atoms with Crippen LogP contribution in [-0.2, 0) is 14.3 Å². The Morgan fingerprint density at radius 1 is 1.29 bits per heavy atom. The first-order chi connectivity index (χ1) is 9.97. The van der Waals surface area contributed by atoms with Gasteiger partial charge in [0, 0.05) is 13.1 Å². The number of carbonyl (C=O) groups is 2. The fourth-order valence-corrected chi connectivity index (χ4v) is 1.78. The van der Waals surface area contributed by atoms with Crippen molar-refractivity contribution in [3.05, 3.63) is 30.1 Å². The number of nitrogens with zero attached hydrogens (tertiary/aromatic N) is 1. The monoisotopic (exact) mass is 297 g/mol. The Balaban J connectivity index is 2.57. The molecule has 0 aromatic heterocycles. The van der Waals surface area contributed by atoms with E-state index in [1.807, 2.05) is 6.92 Å². The molecule has 0 aliphatic carbocycles. The third-order valence-electron chi connectivity index (χ3n) is 2.98. The zero-order valence-corrected chi connectivity index (χ0v) is 12.5. The molecule has 1 amide bonds. The molecule has 0 saturated carbocycles. The largest absolute Gasteiger partial charge is 0.481 e. The van der Waals surface area contributed by atoms with Gasteiger partial charge >= 0.3 is 5.97 Å². The number of hydrogen-bond acceptors (Lipinski definition) is 4. The first kappa shape index (κ1) is 16.9. The SMILES string of the molecule is CCN(CCC(=O)OC)C(=O)C(C)Oc1ccc(F)cc1. The Morgan fingerprint density at radius 3 is 2.43 bits per heavy atom. The highest BCUT2D eigenvalue weighted by atomic mass is 19.1. The highest BCUT2D eigenvalue weighted by Gasteiger charge is 2.21. The molecule has 0 saturated heterocycles. The molecule has 0 aliphatic rings. The quantitative estimate of drug-likeness (QED) is 0.722. The van der Waals surface area contributed by atoms with Gasteiger partial charge < -0.3 is 14.4 Å².